The molecule has 5 aromatic carbocycles. The predicted molar refractivity (Wildman–Crippen MR) is 152 cm³/mol. The van der Waals surface area contributed by atoms with Gasteiger partial charge in [-0.1, -0.05) is 78.9 Å². The summed E-state index contributed by atoms with van der Waals surface area (Å²) in [6, 6.07) is 34.9. The van der Waals surface area contributed by atoms with E-state index in [4.69, 9.17) is 9.31 Å². The average Bonchev–Trinajstić information content (AvgIpc) is 3.33. The van der Waals surface area contributed by atoms with E-state index in [0.29, 0.717) is 0 Å². The fraction of sp³-hybridized carbons (Fsp3) is 0.188. The minimum absolute atomic E-state index is 0.394. The molecule has 0 N–H and O–H groups in total. The highest BCUT2D eigenvalue weighted by Gasteiger charge is 2.51. The highest BCUT2D eigenvalue weighted by molar-refractivity contribution is 6.62. The minimum atomic E-state index is -0.424. The Morgan fingerprint density at radius 1 is 0.583 bits per heavy atom. The molecule has 1 saturated heterocycles. The van der Waals surface area contributed by atoms with Crippen LogP contribution in [0.25, 0.3) is 49.0 Å². The summed E-state index contributed by atoms with van der Waals surface area (Å²) in [5, 5.41) is 7.45. The summed E-state index contributed by atoms with van der Waals surface area (Å²) >= 11 is 0. The van der Waals surface area contributed by atoms with Gasteiger partial charge in [0.2, 0.25) is 0 Å². The van der Waals surface area contributed by atoms with Gasteiger partial charge in [-0.2, -0.15) is 0 Å². The Labute approximate surface area is 211 Å². The van der Waals surface area contributed by atoms with Gasteiger partial charge in [-0.05, 0) is 67.5 Å². The molecule has 6 aromatic rings. The molecule has 0 aliphatic carbocycles. The maximum atomic E-state index is 6.47. The number of benzene rings is 5. The van der Waals surface area contributed by atoms with Crippen molar-refractivity contribution in [3.63, 3.8) is 0 Å². The van der Waals surface area contributed by atoms with E-state index in [1.165, 1.54) is 43.4 Å². The van der Waals surface area contributed by atoms with Crippen molar-refractivity contribution in [2.75, 3.05) is 0 Å². The molecule has 1 aliphatic rings. The molecular weight excluding hydrogens is 441 g/mol. The fourth-order valence-electron chi connectivity index (χ4n) is 5.61. The van der Waals surface area contributed by atoms with Crippen LogP contribution in [0.1, 0.15) is 27.7 Å². The Hall–Kier alpha value is -3.60. The van der Waals surface area contributed by atoms with Crippen molar-refractivity contribution in [1.29, 1.82) is 0 Å². The largest absolute Gasteiger partial charge is 0.494 e. The zero-order valence-corrected chi connectivity index (χ0v) is 21.1. The third-order valence-electron chi connectivity index (χ3n) is 8.19. The van der Waals surface area contributed by atoms with Crippen molar-refractivity contribution in [1.82, 2.24) is 4.57 Å². The molecule has 0 saturated carbocycles. The van der Waals surface area contributed by atoms with Gasteiger partial charge in [-0.25, -0.2) is 0 Å². The SMILES string of the molecule is CC1(C)OB(c2cc(-n3c4ccccc4c4c5ccccc5ccc43)c3ccccc3c2)OC1(C)C. The van der Waals surface area contributed by atoms with Gasteiger partial charge in [-0.3, -0.25) is 0 Å². The lowest BCUT2D eigenvalue weighted by molar-refractivity contribution is 0.00578. The topological polar surface area (TPSA) is 23.4 Å². The van der Waals surface area contributed by atoms with Crippen molar-refractivity contribution in [3.8, 4) is 5.69 Å². The molecule has 0 unspecified atom stereocenters. The molecule has 1 fully saturated rings. The second-order valence-electron chi connectivity index (χ2n) is 10.9. The monoisotopic (exact) mass is 469 g/mol. The van der Waals surface area contributed by atoms with E-state index < -0.39 is 18.3 Å². The van der Waals surface area contributed by atoms with E-state index in [9.17, 15) is 0 Å². The first kappa shape index (κ1) is 21.7. The Kier molecular flexibility index (Phi) is 4.49. The van der Waals surface area contributed by atoms with E-state index >= 15 is 0 Å². The van der Waals surface area contributed by atoms with Gasteiger partial charge in [0.15, 0.2) is 0 Å². The number of hydrogen-bond donors (Lipinski definition) is 0. The summed E-state index contributed by atoms with van der Waals surface area (Å²) in [4.78, 5) is 0. The third-order valence-corrected chi connectivity index (χ3v) is 8.19. The molecule has 7 rings (SSSR count). The lowest BCUT2D eigenvalue weighted by Gasteiger charge is -2.32. The maximum Gasteiger partial charge on any atom is 0.494 e. The lowest BCUT2D eigenvalue weighted by Crippen LogP contribution is -2.41. The summed E-state index contributed by atoms with van der Waals surface area (Å²) in [5.74, 6) is 0. The quantitative estimate of drug-likeness (QED) is 0.247. The zero-order valence-electron chi connectivity index (χ0n) is 21.1. The van der Waals surface area contributed by atoms with Gasteiger partial charge >= 0.3 is 7.12 Å². The summed E-state index contributed by atoms with van der Waals surface area (Å²) in [7, 11) is -0.424. The number of fused-ring (bicyclic) bond motifs is 6. The zero-order chi connectivity index (χ0) is 24.7. The van der Waals surface area contributed by atoms with E-state index in [1.54, 1.807) is 0 Å². The van der Waals surface area contributed by atoms with Crippen LogP contribution < -0.4 is 5.46 Å². The van der Waals surface area contributed by atoms with Crippen LogP contribution in [0.4, 0.5) is 0 Å². The van der Waals surface area contributed by atoms with Crippen molar-refractivity contribution >= 4 is 55.9 Å². The van der Waals surface area contributed by atoms with Crippen LogP contribution in [-0.2, 0) is 9.31 Å². The molecule has 1 aliphatic heterocycles. The number of para-hydroxylation sites is 1. The summed E-state index contributed by atoms with van der Waals surface area (Å²) in [5.41, 5.74) is 3.78. The van der Waals surface area contributed by atoms with Gasteiger partial charge in [0.1, 0.15) is 0 Å². The van der Waals surface area contributed by atoms with Gasteiger partial charge < -0.3 is 13.9 Å². The molecule has 0 amide bonds. The van der Waals surface area contributed by atoms with Crippen LogP contribution in [0.2, 0.25) is 0 Å². The lowest BCUT2D eigenvalue weighted by atomic mass is 9.77. The Bertz CT molecular complexity index is 1800. The highest BCUT2D eigenvalue weighted by atomic mass is 16.7. The molecular formula is C32H28BNO2. The predicted octanol–water partition coefficient (Wildman–Crippen LogP) is 7.39. The first-order chi connectivity index (χ1) is 17.3. The van der Waals surface area contributed by atoms with Crippen molar-refractivity contribution < 1.29 is 9.31 Å². The Balaban J connectivity index is 1.57. The van der Waals surface area contributed by atoms with E-state index in [1.807, 2.05) is 0 Å². The average molecular weight is 469 g/mol. The second kappa shape index (κ2) is 7.46. The highest BCUT2D eigenvalue weighted by Crippen LogP contribution is 2.40. The van der Waals surface area contributed by atoms with Crippen molar-refractivity contribution in [2.24, 2.45) is 0 Å². The molecule has 0 spiro atoms. The Morgan fingerprint density at radius 3 is 1.94 bits per heavy atom. The molecule has 0 radical (unpaired) electrons. The first-order valence-electron chi connectivity index (χ1n) is 12.6. The van der Waals surface area contributed by atoms with Crippen LogP contribution in [0.5, 0.6) is 0 Å². The molecule has 176 valence electrons. The standard InChI is InChI=1S/C32H28BNO2/c1-31(2)32(3,4)36-33(35-31)23-19-22-12-6-7-13-24(22)29(20-23)34-27-16-10-9-15-26(27)30-25-14-8-5-11-21(25)17-18-28(30)34/h5-20H,1-4H3. The van der Waals surface area contributed by atoms with E-state index in [-0.39, 0.29) is 0 Å². The first-order valence-corrected chi connectivity index (χ1v) is 12.6. The molecule has 4 heteroatoms. The van der Waals surface area contributed by atoms with Crippen LogP contribution >= 0.6 is 0 Å². The van der Waals surface area contributed by atoms with Gasteiger partial charge in [0.25, 0.3) is 0 Å². The van der Waals surface area contributed by atoms with Gasteiger partial charge in [-0.15, -0.1) is 0 Å². The van der Waals surface area contributed by atoms with Crippen molar-refractivity contribution in [2.45, 2.75) is 38.9 Å². The van der Waals surface area contributed by atoms with Crippen LogP contribution in [-0.4, -0.2) is 22.9 Å². The van der Waals surface area contributed by atoms with Gasteiger partial charge in [0, 0.05) is 16.2 Å². The molecule has 0 atom stereocenters. The van der Waals surface area contributed by atoms with E-state index in [0.717, 1.165) is 11.2 Å². The number of nitrogens with zero attached hydrogens (tertiary/aromatic N) is 1. The molecule has 0 bridgehead atoms. The fourth-order valence-corrected chi connectivity index (χ4v) is 5.61. The maximum absolute atomic E-state index is 6.47. The van der Waals surface area contributed by atoms with Crippen LogP contribution in [0.3, 0.4) is 0 Å². The smallest absolute Gasteiger partial charge is 0.399 e. The second-order valence-corrected chi connectivity index (χ2v) is 10.9. The third kappa shape index (κ3) is 3.01. The van der Waals surface area contributed by atoms with Crippen LogP contribution in [0.15, 0.2) is 97.1 Å². The number of rotatable bonds is 2. The van der Waals surface area contributed by atoms with Crippen molar-refractivity contribution in [3.05, 3.63) is 97.1 Å². The van der Waals surface area contributed by atoms with E-state index in [2.05, 4.69) is 129 Å². The van der Waals surface area contributed by atoms with Crippen LogP contribution in [0, 0.1) is 0 Å². The summed E-state index contributed by atoms with van der Waals surface area (Å²) in [6.45, 7) is 8.42. The summed E-state index contributed by atoms with van der Waals surface area (Å²) < 4.78 is 15.4. The number of aromatic nitrogens is 1. The normalized spacial score (nSPS) is 17.1. The Morgan fingerprint density at radius 2 is 1.19 bits per heavy atom. The molecule has 36 heavy (non-hydrogen) atoms. The molecule has 1 aromatic heterocycles. The number of hydrogen-bond acceptors (Lipinski definition) is 2. The van der Waals surface area contributed by atoms with Gasteiger partial charge in [0.05, 0.1) is 27.9 Å². The minimum Gasteiger partial charge on any atom is -0.399 e. The molecule has 2 heterocycles. The molecule has 3 nitrogen and oxygen atoms in total. The summed E-state index contributed by atoms with van der Waals surface area (Å²) in [6.07, 6.45) is 0.